The van der Waals surface area contributed by atoms with Gasteiger partial charge >= 0.3 is 0 Å². The molecular formula is C44H44F8O4. The molecule has 0 heterocycles. The molecule has 0 spiro atoms. The van der Waals surface area contributed by atoms with E-state index in [0.29, 0.717) is 30.6 Å². The zero-order valence-electron chi connectivity index (χ0n) is 31.2. The third-order valence-corrected chi connectivity index (χ3v) is 8.82. The van der Waals surface area contributed by atoms with Crippen molar-refractivity contribution in [2.45, 2.75) is 58.8 Å². The fourth-order valence-electron chi connectivity index (χ4n) is 5.89. The molecule has 0 aliphatic carbocycles. The monoisotopic (exact) mass is 788 g/mol. The van der Waals surface area contributed by atoms with Gasteiger partial charge in [-0.15, -0.1) is 6.58 Å². The highest BCUT2D eigenvalue weighted by molar-refractivity contribution is 5.84. The summed E-state index contributed by atoms with van der Waals surface area (Å²) in [6.45, 7) is 7.99. The Bertz CT molecular complexity index is 1820. The number of rotatable bonds is 22. The summed E-state index contributed by atoms with van der Waals surface area (Å²) in [5.74, 6) is -11.1. The molecule has 4 nitrogen and oxygen atoms in total. The van der Waals surface area contributed by atoms with Crippen LogP contribution in [0.3, 0.4) is 0 Å². The first kappa shape index (κ1) is 43.5. The molecule has 0 saturated heterocycles. The molecule has 0 bridgehead atoms. The molecule has 0 N–H and O–H groups in total. The summed E-state index contributed by atoms with van der Waals surface area (Å²) in [4.78, 5) is 0. The second kappa shape index (κ2) is 21.7. The topological polar surface area (TPSA) is 36.9 Å². The highest BCUT2D eigenvalue weighted by Crippen LogP contribution is 2.36. The Labute approximate surface area is 322 Å². The Kier molecular flexibility index (Phi) is 16.9. The van der Waals surface area contributed by atoms with Gasteiger partial charge in [0.15, 0.2) is 46.4 Å². The van der Waals surface area contributed by atoms with Crippen LogP contribution >= 0.6 is 0 Å². The highest BCUT2D eigenvalue weighted by Gasteiger charge is 2.22. The summed E-state index contributed by atoms with van der Waals surface area (Å²) in [6.07, 6.45) is 7.90. The molecule has 0 aliphatic heterocycles. The maximum atomic E-state index is 14.8. The van der Waals surface area contributed by atoms with E-state index in [-0.39, 0.29) is 35.8 Å². The van der Waals surface area contributed by atoms with Crippen LogP contribution in [0.25, 0.3) is 23.3 Å². The van der Waals surface area contributed by atoms with Gasteiger partial charge in [-0.2, -0.15) is 8.78 Å². The highest BCUT2D eigenvalue weighted by atomic mass is 19.2. The van der Waals surface area contributed by atoms with E-state index in [2.05, 4.69) is 6.58 Å². The lowest BCUT2D eigenvalue weighted by molar-refractivity contribution is 0.286. The van der Waals surface area contributed by atoms with Crippen LogP contribution in [-0.2, 0) is 0 Å². The molecule has 300 valence electrons. The van der Waals surface area contributed by atoms with E-state index in [1.807, 2.05) is 6.08 Å². The van der Waals surface area contributed by atoms with Crippen LogP contribution in [0.5, 0.6) is 23.0 Å². The van der Waals surface area contributed by atoms with Crippen molar-refractivity contribution < 1.29 is 54.1 Å². The number of benzene rings is 4. The van der Waals surface area contributed by atoms with Crippen molar-refractivity contribution in [3.63, 3.8) is 0 Å². The quantitative estimate of drug-likeness (QED) is 0.0344. The average Bonchev–Trinajstić information content (AvgIpc) is 3.20. The fourth-order valence-corrected chi connectivity index (χ4v) is 5.89. The molecule has 0 unspecified atom stereocenters. The van der Waals surface area contributed by atoms with E-state index < -0.39 is 57.7 Å². The molecule has 4 rings (SSSR count). The zero-order valence-corrected chi connectivity index (χ0v) is 31.2. The maximum Gasteiger partial charge on any atom is 0.201 e. The van der Waals surface area contributed by atoms with Gasteiger partial charge in [0.05, 0.1) is 37.6 Å². The van der Waals surface area contributed by atoms with E-state index in [0.717, 1.165) is 69.2 Å². The van der Waals surface area contributed by atoms with Crippen LogP contribution in [0.15, 0.2) is 85.5 Å². The van der Waals surface area contributed by atoms with E-state index in [9.17, 15) is 35.1 Å². The normalized spacial score (nSPS) is 12.3. The Morgan fingerprint density at radius 3 is 1.27 bits per heavy atom. The first-order valence-electron chi connectivity index (χ1n) is 18.4. The number of hydrogen-bond donors (Lipinski definition) is 0. The Morgan fingerprint density at radius 1 is 0.518 bits per heavy atom. The minimum Gasteiger partial charge on any atom is -0.494 e. The molecule has 0 radical (unpaired) electrons. The SMILES string of the molecule is C=CCC(CCCCOc1ccc(/C(F)=C(\F)c2ccc(OCC)c(F)c2F)cc1)CCCCOc1ccc(/C(F)=C(\F)c2ccc(OCC)c(F)c2F)cc1. The Hall–Kier alpha value is -5.26. The molecule has 0 saturated carbocycles. The molecule has 12 heteroatoms. The summed E-state index contributed by atoms with van der Waals surface area (Å²) < 4.78 is 138. The van der Waals surface area contributed by atoms with E-state index in [4.69, 9.17) is 18.9 Å². The number of unbranched alkanes of at least 4 members (excludes halogenated alkanes) is 2. The Balaban J connectivity index is 1.17. The van der Waals surface area contributed by atoms with Crippen molar-refractivity contribution in [3.05, 3.63) is 131 Å². The average molecular weight is 789 g/mol. The predicted molar refractivity (Wildman–Crippen MR) is 203 cm³/mol. The molecular weight excluding hydrogens is 744 g/mol. The molecule has 0 amide bonds. The zero-order chi connectivity index (χ0) is 40.6. The van der Waals surface area contributed by atoms with Crippen LogP contribution < -0.4 is 18.9 Å². The summed E-state index contributed by atoms with van der Waals surface area (Å²) in [7, 11) is 0. The van der Waals surface area contributed by atoms with Gasteiger partial charge in [0, 0.05) is 11.1 Å². The van der Waals surface area contributed by atoms with Crippen LogP contribution in [0.4, 0.5) is 35.1 Å². The molecule has 4 aromatic rings. The van der Waals surface area contributed by atoms with Crippen molar-refractivity contribution in [2.24, 2.45) is 5.92 Å². The lowest BCUT2D eigenvalue weighted by Crippen LogP contribution is -2.04. The second-order valence-corrected chi connectivity index (χ2v) is 12.7. The first-order chi connectivity index (χ1) is 27.0. The largest absolute Gasteiger partial charge is 0.494 e. The van der Waals surface area contributed by atoms with Crippen molar-refractivity contribution in [1.29, 1.82) is 0 Å². The van der Waals surface area contributed by atoms with Gasteiger partial charge in [-0.3, -0.25) is 0 Å². The number of ether oxygens (including phenoxy) is 4. The van der Waals surface area contributed by atoms with Crippen LogP contribution in [0.1, 0.15) is 81.0 Å². The minimum absolute atomic E-state index is 0.0788. The van der Waals surface area contributed by atoms with Gasteiger partial charge in [0.1, 0.15) is 11.5 Å². The second-order valence-electron chi connectivity index (χ2n) is 12.7. The summed E-state index contributed by atoms with van der Waals surface area (Å²) in [5.41, 5.74) is -2.01. The van der Waals surface area contributed by atoms with E-state index in [1.54, 1.807) is 13.8 Å². The summed E-state index contributed by atoms with van der Waals surface area (Å²) >= 11 is 0. The molecule has 0 aromatic heterocycles. The maximum absolute atomic E-state index is 14.8. The Morgan fingerprint density at radius 2 is 0.911 bits per heavy atom. The van der Waals surface area contributed by atoms with Crippen molar-refractivity contribution in [2.75, 3.05) is 26.4 Å². The van der Waals surface area contributed by atoms with Gasteiger partial charge in [0.2, 0.25) is 11.6 Å². The van der Waals surface area contributed by atoms with Crippen LogP contribution in [-0.4, -0.2) is 26.4 Å². The number of halogens is 8. The van der Waals surface area contributed by atoms with Gasteiger partial charge in [-0.05, 0) is 125 Å². The summed E-state index contributed by atoms with van der Waals surface area (Å²) in [5, 5.41) is 0. The van der Waals surface area contributed by atoms with Crippen molar-refractivity contribution >= 4 is 23.3 Å². The van der Waals surface area contributed by atoms with E-state index in [1.165, 1.54) is 48.5 Å². The van der Waals surface area contributed by atoms with Gasteiger partial charge < -0.3 is 18.9 Å². The minimum atomic E-state index is -1.54. The fraction of sp³-hybridized carbons (Fsp3) is 0.318. The standard InChI is InChI=1S/C44H44F8O4/c1-4-11-28(12-7-9-26-55-31-18-14-29(15-19-31)37(45)39(47)33-22-24-35(53-5-2)43(51)41(33)49)13-8-10-27-56-32-20-16-30(17-21-32)38(46)40(48)34-23-25-36(54-6-3)44(52)42(34)50/h4,14-25,28H,1,5-13,26-27H2,2-3H3/b39-37+,40-38+. The molecule has 0 atom stereocenters. The third-order valence-electron chi connectivity index (χ3n) is 8.82. The van der Waals surface area contributed by atoms with Crippen LogP contribution in [0.2, 0.25) is 0 Å². The lowest BCUT2D eigenvalue weighted by atomic mass is 9.93. The molecule has 4 aromatic carbocycles. The van der Waals surface area contributed by atoms with Gasteiger partial charge in [0.25, 0.3) is 0 Å². The van der Waals surface area contributed by atoms with Gasteiger partial charge in [-0.25, -0.2) is 26.3 Å². The van der Waals surface area contributed by atoms with Crippen LogP contribution in [0, 0.1) is 29.2 Å². The molecule has 56 heavy (non-hydrogen) atoms. The number of hydrogen-bond acceptors (Lipinski definition) is 4. The van der Waals surface area contributed by atoms with Crippen molar-refractivity contribution in [1.82, 2.24) is 0 Å². The number of allylic oxidation sites excluding steroid dienone is 1. The van der Waals surface area contributed by atoms with Crippen molar-refractivity contribution in [3.8, 4) is 23.0 Å². The first-order valence-corrected chi connectivity index (χ1v) is 18.4. The summed E-state index contributed by atoms with van der Waals surface area (Å²) in [6, 6.07) is 15.0. The molecule has 0 aliphatic rings. The molecule has 0 fully saturated rings. The smallest absolute Gasteiger partial charge is 0.201 e. The van der Waals surface area contributed by atoms with E-state index >= 15 is 0 Å². The third kappa shape index (κ3) is 11.6. The van der Waals surface area contributed by atoms with Gasteiger partial charge in [-0.1, -0.05) is 18.9 Å². The lowest BCUT2D eigenvalue weighted by Gasteiger charge is -2.15. The predicted octanol–water partition coefficient (Wildman–Crippen LogP) is 13.6.